The van der Waals surface area contributed by atoms with E-state index in [0.29, 0.717) is 18.6 Å². The zero-order valence-electron chi connectivity index (χ0n) is 12.0. The van der Waals surface area contributed by atoms with Gasteiger partial charge in [-0.3, -0.25) is 4.90 Å². The van der Waals surface area contributed by atoms with Crippen LogP contribution in [0.2, 0.25) is 0 Å². The van der Waals surface area contributed by atoms with Gasteiger partial charge in [-0.1, -0.05) is 31.5 Å². The van der Waals surface area contributed by atoms with Gasteiger partial charge in [0.25, 0.3) is 0 Å². The van der Waals surface area contributed by atoms with Crippen molar-refractivity contribution in [1.29, 1.82) is 0 Å². The van der Waals surface area contributed by atoms with Gasteiger partial charge in [0.15, 0.2) is 0 Å². The largest absolute Gasteiger partial charge is 0.314 e. The molecule has 0 aromatic heterocycles. The van der Waals surface area contributed by atoms with E-state index in [4.69, 9.17) is 0 Å². The van der Waals surface area contributed by atoms with Crippen LogP contribution in [0.1, 0.15) is 38.2 Å². The fraction of sp³-hybridized carbons (Fsp3) is 0.625. The average molecular weight is 264 g/mol. The van der Waals surface area contributed by atoms with Crippen LogP contribution in [-0.2, 0) is 6.54 Å². The Morgan fingerprint density at radius 1 is 1.32 bits per heavy atom. The molecule has 2 unspecified atom stereocenters. The predicted molar refractivity (Wildman–Crippen MR) is 77.6 cm³/mol. The van der Waals surface area contributed by atoms with E-state index in [1.54, 1.807) is 12.1 Å². The van der Waals surface area contributed by atoms with Crippen LogP contribution in [0.3, 0.4) is 0 Å². The lowest BCUT2D eigenvalue weighted by Crippen LogP contribution is -2.42. The highest BCUT2D eigenvalue weighted by Gasteiger charge is 2.24. The van der Waals surface area contributed by atoms with Crippen molar-refractivity contribution in [2.45, 2.75) is 51.2 Å². The molecule has 2 nitrogen and oxygen atoms in total. The molecule has 0 amide bonds. The first-order valence-electron chi connectivity index (χ1n) is 7.37. The second-order valence-corrected chi connectivity index (χ2v) is 5.58. The summed E-state index contributed by atoms with van der Waals surface area (Å²) in [5.74, 6) is -0.0895. The molecule has 0 spiro atoms. The number of hydrogen-bond acceptors (Lipinski definition) is 2. The molecule has 1 fully saturated rings. The average Bonchev–Trinajstić information content (AvgIpc) is 2.42. The van der Waals surface area contributed by atoms with Gasteiger partial charge in [-0.05, 0) is 38.9 Å². The Morgan fingerprint density at radius 2 is 2.11 bits per heavy atom. The van der Waals surface area contributed by atoms with Crippen LogP contribution in [0.15, 0.2) is 24.3 Å². The summed E-state index contributed by atoms with van der Waals surface area (Å²) in [7, 11) is 2.12. The van der Waals surface area contributed by atoms with Gasteiger partial charge in [-0.15, -0.1) is 0 Å². The summed E-state index contributed by atoms with van der Waals surface area (Å²) in [5.41, 5.74) is 0.801. The lowest BCUT2D eigenvalue weighted by molar-refractivity contribution is 0.162. The summed E-state index contributed by atoms with van der Waals surface area (Å²) < 4.78 is 13.7. The van der Waals surface area contributed by atoms with E-state index in [-0.39, 0.29) is 5.82 Å². The van der Waals surface area contributed by atoms with Gasteiger partial charge < -0.3 is 5.32 Å². The molecule has 19 heavy (non-hydrogen) atoms. The molecule has 0 saturated heterocycles. The quantitative estimate of drug-likeness (QED) is 0.878. The minimum Gasteiger partial charge on any atom is -0.314 e. The number of nitrogens with one attached hydrogen (secondary N) is 1. The molecule has 0 heterocycles. The van der Waals surface area contributed by atoms with Crippen LogP contribution in [0.25, 0.3) is 0 Å². The third kappa shape index (κ3) is 4.02. The molecule has 106 valence electrons. The highest BCUT2D eigenvalue weighted by molar-refractivity contribution is 5.17. The monoisotopic (exact) mass is 264 g/mol. The van der Waals surface area contributed by atoms with Crippen molar-refractivity contribution in [3.63, 3.8) is 0 Å². The molecule has 3 heteroatoms. The highest BCUT2D eigenvalue weighted by Crippen LogP contribution is 2.24. The zero-order valence-corrected chi connectivity index (χ0v) is 12.0. The van der Waals surface area contributed by atoms with Crippen molar-refractivity contribution < 1.29 is 4.39 Å². The summed E-state index contributed by atoms with van der Waals surface area (Å²) in [4.78, 5) is 2.31. The zero-order chi connectivity index (χ0) is 13.7. The van der Waals surface area contributed by atoms with Crippen molar-refractivity contribution in [3.8, 4) is 0 Å². The van der Waals surface area contributed by atoms with Crippen molar-refractivity contribution in [2.75, 3.05) is 13.6 Å². The minimum absolute atomic E-state index is 0.0895. The fourth-order valence-corrected chi connectivity index (χ4v) is 3.06. The molecule has 1 aromatic carbocycles. The minimum atomic E-state index is -0.0895. The molecule has 1 aliphatic rings. The van der Waals surface area contributed by atoms with Crippen molar-refractivity contribution in [3.05, 3.63) is 35.6 Å². The Hall–Kier alpha value is -0.930. The lowest BCUT2D eigenvalue weighted by Gasteiger charge is -2.35. The van der Waals surface area contributed by atoms with Gasteiger partial charge in [0.2, 0.25) is 0 Å². The Morgan fingerprint density at radius 3 is 2.84 bits per heavy atom. The van der Waals surface area contributed by atoms with E-state index in [9.17, 15) is 4.39 Å². The SMILES string of the molecule is CCNC1CCCC(N(C)Cc2ccccc2F)C1. The number of halogens is 1. The summed E-state index contributed by atoms with van der Waals surface area (Å²) in [6.45, 7) is 3.90. The first kappa shape index (κ1) is 14.5. The first-order chi connectivity index (χ1) is 9.20. The topological polar surface area (TPSA) is 15.3 Å². The summed E-state index contributed by atoms with van der Waals surface area (Å²) in [6.07, 6.45) is 4.95. The molecule has 0 radical (unpaired) electrons. The maximum Gasteiger partial charge on any atom is 0.127 e. The van der Waals surface area contributed by atoms with E-state index in [2.05, 4.69) is 24.2 Å². The molecular formula is C16H25FN2. The Balaban J connectivity index is 1.92. The van der Waals surface area contributed by atoms with E-state index >= 15 is 0 Å². The second kappa shape index (κ2) is 7.01. The van der Waals surface area contributed by atoms with Gasteiger partial charge in [-0.25, -0.2) is 4.39 Å². The van der Waals surface area contributed by atoms with Crippen LogP contribution < -0.4 is 5.32 Å². The van der Waals surface area contributed by atoms with Crippen LogP contribution in [0, 0.1) is 5.82 Å². The lowest BCUT2D eigenvalue weighted by atomic mass is 9.90. The van der Waals surface area contributed by atoms with Gasteiger partial charge in [0.1, 0.15) is 5.82 Å². The Bertz CT molecular complexity index is 392. The van der Waals surface area contributed by atoms with E-state index in [0.717, 1.165) is 12.1 Å². The molecule has 1 N–H and O–H groups in total. The van der Waals surface area contributed by atoms with Gasteiger partial charge in [-0.2, -0.15) is 0 Å². The second-order valence-electron chi connectivity index (χ2n) is 5.58. The number of nitrogens with zero attached hydrogens (tertiary/aromatic N) is 1. The van der Waals surface area contributed by atoms with Crippen LogP contribution in [0.5, 0.6) is 0 Å². The Kier molecular flexibility index (Phi) is 5.34. The molecule has 2 atom stereocenters. The Labute approximate surface area is 116 Å². The molecule has 1 saturated carbocycles. The maximum atomic E-state index is 13.7. The highest BCUT2D eigenvalue weighted by atomic mass is 19.1. The maximum absolute atomic E-state index is 13.7. The number of rotatable bonds is 5. The predicted octanol–water partition coefficient (Wildman–Crippen LogP) is 3.18. The molecular weight excluding hydrogens is 239 g/mol. The molecule has 1 aromatic rings. The summed E-state index contributed by atoms with van der Waals surface area (Å²) >= 11 is 0. The standard InChI is InChI=1S/C16H25FN2/c1-3-18-14-8-6-9-15(11-14)19(2)12-13-7-4-5-10-16(13)17/h4-5,7,10,14-15,18H,3,6,8-9,11-12H2,1-2H3. The molecule has 0 aliphatic heterocycles. The summed E-state index contributed by atoms with van der Waals surface area (Å²) in [5, 5.41) is 3.54. The molecule has 2 rings (SSSR count). The van der Waals surface area contributed by atoms with E-state index in [1.807, 2.05) is 12.1 Å². The molecule has 0 bridgehead atoms. The van der Waals surface area contributed by atoms with E-state index < -0.39 is 0 Å². The first-order valence-corrected chi connectivity index (χ1v) is 7.37. The van der Waals surface area contributed by atoms with Crippen LogP contribution >= 0.6 is 0 Å². The van der Waals surface area contributed by atoms with Crippen molar-refractivity contribution in [1.82, 2.24) is 10.2 Å². The van der Waals surface area contributed by atoms with Crippen molar-refractivity contribution >= 4 is 0 Å². The van der Waals surface area contributed by atoms with Crippen LogP contribution in [-0.4, -0.2) is 30.6 Å². The van der Waals surface area contributed by atoms with Gasteiger partial charge in [0.05, 0.1) is 0 Å². The third-order valence-corrected chi connectivity index (χ3v) is 4.14. The third-order valence-electron chi connectivity index (χ3n) is 4.14. The normalized spacial score (nSPS) is 23.8. The van der Waals surface area contributed by atoms with Crippen LogP contribution in [0.4, 0.5) is 4.39 Å². The smallest absolute Gasteiger partial charge is 0.127 e. The van der Waals surface area contributed by atoms with E-state index in [1.165, 1.54) is 25.7 Å². The molecule has 1 aliphatic carbocycles. The number of hydrogen-bond donors (Lipinski definition) is 1. The number of benzene rings is 1. The van der Waals surface area contributed by atoms with Gasteiger partial charge in [0, 0.05) is 24.2 Å². The fourth-order valence-electron chi connectivity index (χ4n) is 3.06. The van der Waals surface area contributed by atoms with Gasteiger partial charge >= 0.3 is 0 Å². The van der Waals surface area contributed by atoms with Crippen molar-refractivity contribution in [2.24, 2.45) is 0 Å². The summed E-state index contributed by atoms with van der Waals surface area (Å²) in [6, 6.07) is 8.29.